The van der Waals surface area contributed by atoms with E-state index in [1.54, 1.807) is 25.1 Å². The molecular weight excluding hydrogens is 552 g/mol. The minimum Gasteiger partial charge on any atom is -0.478 e. The minimum atomic E-state index is -0.541. The molecule has 0 aliphatic carbocycles. The van der Waals surface area contributed by atoms with Gasteiger partial charge in [0.25, 0.3) is 5.88 Å². The van der Waals surface area contributed by atoms with E-state index in [1.807, 2.05) is 38.7 Å². The van der Waals surface area contributed by atoms with Crippen molar-refractivity contribution in [1.82, 2.24) is 44.2 Å². The molecule has 1 fully saturated rings. The summed E-state index contributed by atoms with van der Waals surface area (Å²) < 4.78 is 14.5. The topological polar surface area (TPSA) is 128 Å². The molecule has 1 N–H and O–H groups in total. The van der Waals surface area contributed by atoms with Crippen molar-refractivity contribution >= 4 is 40.4 Å². The van der Waals surface area contributed by atoms with Gasteiger partial charge in [-0.25, -0.2) is 9.78 Å². The van der Waals surface area contributed by atoms with Gasteiger partial charge in [-0.05, 0) is 51.8 Å². The van der Waals surface area contributed by atoms with Crippen LogP contribution >= 0.6 is 11.6 Å². The molecule has 1 amide bonds. The first-order valence-electron chi connectivity index (χ1n) is 13.8. The number of hydrogen-bond acceptors (Lipinski definition) is 11. The summed E-state index contributed by atoms with van der Waals surface area (Å²) in [5.74, 6) is 0.969. The molecule has 226 valence electrons. The molecule has 0 saturated carbocycles. The highest BCUT2D eigenvalue weighted by molar-refractivity contribution is 6.28. The molecule has 0 atom stereocenters. The third-order valence-electron chi connectivity index (χ3n) is 6.59. The first-order valence-corrected chi connectivity index (χ1v) is 14.2. The maximum Gasteiger partial charge on any atom is 0.434 e. The number of hydroxylamine groups is 2. The van der Waals surface area contributed by atoms with Crippen molar-refractivity contribution in [2.45, 2.75) is 45.8 Å². The van der Waals surface area contributed by atoms with E-state index in [4.69, 9.17) is 25.9 Å². The third-order valence-corrected chi connectivity index (χ3v) is 6.76. The lowest BCUT2D eigenvalue weighted by Crippen LogP contribution is -2.47. The van der Waals surface area contributed by atoms with Crippen molar-refractivity contribution < 1.29 is 19.1 Å². The van der Waals surface area contributed by atoms with Gasteiger partial charge in [-0.15, -0.1) is 5.10 Å². The highest BCUT2D eigenvalue weighted by Gasteiger charge is 2.21. The number of aromatic nitrogens is 6. The quantitative estimate of drug-likeness (QED) is 0.189. The number of halogens is 1. The van der Waals surface area contributed by atoms with E-state index < -0.39 is 11.7 Å². The zero-order valence-electron chi connectivity index (χ0n) is 24.8. The highest BCUT2D eigenvalue weighted by Crippen LogP contribution is 2.29. The Labute approximate surface area is 245 Å². The summed E-state index contributed by atoms with van der Waals surface area (Å²) in [6.45, 7) is 12.7. The van der Waals surface area contributed by atoms with E-state index >= 15 is 0 Å². The van der Waals surface area contributed by atoms with Crippen molar-refractivity contribution in [2.75, 3.05) is 65.3 Å². The van der Waals surface area contributed by atoms with E-state index in [9.17, 15) is 4.79 Å². The Kier molecular flexibility index (Phi) is 10.2. The Balaban J connectivity index is 1.16. The number of carbonyl (C=O) groups excluding carboxylic acids is 1. The van der Waals surface area contributed by atoms with E-state index in [-0.39, 0.29) is 5.28 Å². The van der Waals surface area contributed by atoms with Crippen molar-refractivity contribution in [1.29, 1.82) is 0 Å². The molecule has 0 spiro atoms. The van der Waals surface area contributed by atoms with Crippen LogP contribution in [-0.2, 0) is 23.2 Å². The smallest absolute Gasteiger partial charge is 0.434 e. The molecule has 0 bridgehead atoms. The first-order chi connectivity index (χ1) is 19.5. The average molecular weight is 593 g/mol. The molecule has 15 heteroatoms. The van der Waals surface area contributed by atoms with Crippen LogP contribution in [0.1, 0.15) is 33.6 Å². The number of aryl methyl sites for hydroxylation is 2. The fraction of sp³-hybridized carbons (Fsp3) is 0.654. The lowest BCUT2D eigenvalue weighted by molar-refractivity contribution is -0.132. The van der Waals surface area contributed by atoms with Gasteiger partial charge >= 0.3 is 6.09 Å². The molecule has 41 heavy (non-hydrogen) atoms. The Hall–Kier alpha value is -3.20. The summed E-state index contributed by atoms with van der Waals surface area (Å²) in [5, 5.41) is 9.13. The predicted octanol–water partition coefficient (Wildman–Crippen LogP) is 3.16. The molecule has 4 heterocycles. The standard InChI is InChI=1S/C26H41ClN10O4/c1-26(2,3)41-25(38)34(5)40-16-8-10-36-14-12-35(13-15-36)9-7-11-37-17-19(23(32-37)39-6)29-21-20-22(31-24(27)30-21)33(4)18-28-20/h17-18H,7-16H2,1-6H3,(H,29,30,31). The van der Waals surface area contributed by atoms with Crippen molar-refractivity contribution in [3.63, 3.8) is 0 Å². The molecule has 14 nitrogen and oxygen atoms in total. The number of carbonyl (C=O) groups is 1. The van der Waals surface area contributed by atoms with Gasteiger partial charge in [0.2, 0.25) is 5.28 Å². The van der Waals surface area contributed by atoms with Crippen LogP contribution in [0, 0.1) is 0 Å². The number of methoxy groups -OCH3 is 1. The summed E-state index contributed by atoms with van der Waals surface area (Å²) in [6, 6.07) is 0. The molecule has 1 aliphatic heterocycles. The first kappa shape index (κ1) is 30.8. The van der Waals surface area contributed by atoms with Crippen LogP contribution in [0.15, 0.2) is 12.5 Å². The van der Waals surface area contributed by atoms with Gasteiger partial charge in [-0.3, -0.25) is 9.52 Å². The number of fused-ring (bicyclic) bond motifs is 1. The van der Waals surface area contributed by atoms with Crippen LogP contribution < -0.4 is 10.1 Å². The van der Waals surface area contributed by atoms with E-state index in [0.29, 0.717) is 35.2 Å². The van der Waals surface area contributed by atoms with Gasteiger partial charge < -0.3 is 29.2 Å². The average Bonchev–Trinajstić information content (AvgIpc) is 3.48. The Morgan fingerprint density at radius 1 is 1.10 bits per heavy atom. The number of anilines is 2. The second kappa shape index (κ2) is 13.6. The van der Waals surface area contributed by atoms with Crippen LogP contribution in [0.4, 0.5) is 16.3 Å². The lowest BCUT2D eigenvalue weighted by atomic mass is 10.2. The lowest BCUT2D eigenvalue weighted by Gasteiger charge is -2.34. The van der Waals surface area contributed by atoms with E-state index in [1.165, 1.54) is 5.06 Å². The number of nitrogens with zero attached hydrogens (tertiary/aromatic N) is 9. The zero-order valence-corrected chi connectivity index (χ0v) is 25.5. The SMILES string of the molecule is COc1nn(CCCN2CCN(CCCON(C)C(=O)OC(C)(C)C)CC2)cc1Nc1nc(Cl)nc2c1ncn2C. The largest absolute Gasteiger partial charge is 0.478 e. The molecule has 0 aromatic carbocycles. The normalized spacial score (nSPS) is 14.9. The summed E-state index contributed by atoms with van der Waals surface area (Å²) >= 11 is 6.13. The van der Waals surface area contributed by atoms with Crippen LogP contribution in [0.5, 0.6) is 5.88 Å². The Morgan fingerprint density at radius 3 is 2.44 bits per heavy atom. The van der Waals surface area contributed by atoms with Crippen LogP contribution in [0.3, 0.4) is 0 Å². The molecule has 3 aromatic rings. The van der Waals surface area contributed by atoms with Gasteiger partial charge in [-0.1, -0.05) is 0 Å². The Bertz CT molecular complexity index is 1300. The number of amides is 1. The van der Waals surface area contributed by atoms with Crippen LogP contribution in [0.2, 0.25) is 5.28 Å². The third kappa shape index (κ3) is 8.64. The molecule has 0 radical (unpaired) electrons. The molecule has 1 aliphatic rings. The molecule has 3 aromatic heterocycles. The fourth-order valence-electron chi connectivity index (χ4n) is 4.51. The van der Waals surface area contributed by atoms with Crippen molar-refractivity contribution in [2.24, 2.45) is 7.05 Å². The summed E-state index contributed by atoms with van der Waals surface area (Å²) in [4.78, 5) is 35.3. The minimum absolute atomic E-state index is 0.134. The summed E-state index contributed by atoms with van der Waals surface area (Å²) in [6.07, 6.45) is 4.90. The van der Waals surface area contributed by atoms with Gasteiger partial charge in [0, 0.05) is 53.4 Å². The van der Waals surface area contributed by atoms with Crippen molar-refractivity contribution in [3.05, 3.63) is 17.8 Å². The van der Waals surface area contributed by atoms with Crippen molar-refractivity contribution in [3.8, 4) is 5.88 Å². The number of nitrogens with one attached hydrogen (secondary N) is 1. The maximum atomic E-state index is 12.0. The monoisotopic (exact) mass is 592 g/mol. The van der Waals surface area contributed by atoms with Crippen LogP contribution in [0.25, 0.3) is 11.2 Å². The van der Waals surface area contributed by atoms with Gasteiger partial charge in [-0.2, -0.15) is 15.0 Å². The molecule has 0 unspecified atom stereocenters. The molecule has 1 saturated heterocycles. The number of imidazole rings is 1. The predicted molar refractivity (Wildman–Crippen MR) is 155 cm³/mol. The highest BCUT2D eigenvalue weighted by atomic mass is 35.5. The molecular formula is C26H41ClN10O4. The number of rotatable bonds is 12. The number of ether oxygens (including phenoxy) is 2. The Morgan fingerprint density at radius 2 is 1.78 bits per heavy atom. The zero-order chi connectivity index (χ0) is 29.6. The van der Waals surface area contributed by atoms with E-state index in [2.05, 4.69) is 35.2 Å². The number of hydrogen-bond donors (Lipinski definition) is 1. The van der Waals surface area contributed by atoms with Gasteiger partial charge in [0.15, 0.2) is 17.0 Å². The van der Waals surface area contributed by atoms with Gasteiger partial charge in [0.1, 0.15) is 11.3 Å². The fourth-order valence-corrected chi connectivity index (χ4v) is 4.68. The second-order valence-electron chi connectivity index (χ2n) is 11.0. The second-order valence-corrected chi connectivity index (χ2v) is 11.3. The van der Waals surface area contributed by atoms with E-state index in [0.717, 1.165) is 58.7 Å². The summed E-state index contributed by atoms with van der Waals surface area (Å²) in [7, 11) is 5.02. The molecule has 4 rings (SSSR count). The number of piperazine rings is 1. The van der Waals surface area contributed by atoms with Crippen LogP contribution in [-0.4, -0.2) is 116 Å². The maximum absolute atomic E-state index is 12.0. The summed E-state index contributed by atoms with van der Waals surface area (Å²) in [5.41, 5.74) is 1.40. The van der Waals surface area contributed by atoms with Gasteiger partial charge in [0.05, 0.1) is 26.2 Å².